The van der Waals surface area contributed by atoms with Gasteiger partial charge in [-0.15, -0.1) is 0 Å². The lowest BCUT2D eigenvalue weighted by Crippen LogP contribution is -2.03. The molecule has 0 aromatic heterocycles. The summed E-state index contributed by atoms with van der Waals surface area (Å²) in [6.45, 7) is 1.74. The van der Waals surface area contributed by atoms with E-state index in [-0.39, 0.29) is 92.0 Å². The zero-order chi connectivity index (χ0) is 63.6. The number of unbranched alkanes of at least 4 members (excludes halogenated alkanes) is 2. The molecule has 90 heavy (non-hydrogen) atoms. The van der Waals surface area contributed by atoms with Crippen LogP contribution in [-0.4, -0.2) is 13.2 Å². The molecule has 0 aliphatic carbocycles. The Bertz CT molecular complexity index is 3290. The lowest BCUT2D eigenvalue weighted by atomic mass is 10.1. The van der Waals surface area contributed by atoms with E-state index >= 15 is 0 Å². The number of hydrogen-bond acceptors (Lipinski definition) is 14. The van der Waals surface area contributed by atoms with E-state index in [1.165, 1.54) is 0 Å². The smallest absolute Gasteiger partial charge is 0.120 e. The second-order valence-electron chi connectivity index (χ2n) is 19.4. The van der Waals surface area contributed by atoms with Crippen molar-refractivity contribution in [3.05, 3.63) is 296 Å². The maximum Gasteiger partial charge on any atom is 0.120 e. The number of azide groups is 8. The van der Waals surface area contributed by atoms with Crippen LogP contribution >= 0.6 is 0 Å². The highest BCUT2D eigenvalue weighted by Crippen LogP contribution is 2.28. The van der Waals surface area contributed by atoms with Crippen LogP contribution in [0, 0.1) is 0 Å². The second kappa shape index (κ2) is 39.4. The molecule has 6 rings (SSSR count). The standard InChI is InChI=1S/C60H60N24O6/c61-77-69-31-43-13-44(32-70-78-62)20-57(19-43)87-39-51-17-52(40-88-58-21-45(33-71-79-63)14-46(22-58)34-72-80-64)28-55(27-51)85-11-9-7-5-3-1-2-4-6-8-10-12-86-56-29-53(41-89-59-23-47(35-73-81-65)15-48(24-59)36-74-82-66)18-54(30-56)42-90-60-25-49(37-75-83-67)16-50(26-60)38-76-84-68/h1-2,7-10,13-30H,3-6,11-12,31-42H2. The van der Waals surface area contributed by atoms with Gasteiger partial charge in [-0.1, -0.05) is 102 Å². The van der Waals surface area contributed by atoms with Crippen molar-refractivity contribution in [2.75, 3.05) is 13.2 Å². The molecule has 0 atom stereocenters. The highest BCUT2D eigenvalue weighted by Gasteiger charge is 2.12. The molecule has 0 N–H and O–H groups in total. The maximum absolute atomic E-state index is 8.91. The van der Waals surface area contributed by atoms with E-state index < -0.39 is 0 Å². The fraction of sp³-hybridized carbons (Fsp3) is 0.300. The van der Waals surface area contributed by atoms with Crippen LogP contribution in [0.4, 0.5) is 0 Å². The lowest BCUT2D eigenvalue weighted by Gasteiger charge is -2.14. The molecular weight excluding hydrogens is 1150 g/mol. The minimum absolute atomic E-state index is 0.0812. The van der Waals surface area contributed by atoms with Crippen molar-refractivity contribution in [1.82, 2.24) is 0 Å². The Hall–Kier alpha value is -12.2. The van der Waals surface area contributed by atoms with Crippen LogP contribution in [0.15, 0.2) is 187 Å². The molecule has 0 amide bonds. The number of rotatable bonds is 40. The van der Waals surface area contributed by atoms with Crippen LogP contribution in [0.25, 0.3) is 83.5 Å². The first kappa shape index (κ1) is 67.0. The van der Waals surface area contributed by atoms with E-state index in [2.05, 4.69) is 105 Å². The zero-order valence-corrected chi connectivity index (χ0v) is 48.8. The van der Waals surface area contributed by atoms with Gasteiger partial charge < -0.3 is 28.4 Å². The highest BCUT2D eigenvalue weighted by atomic mass is 16.5. The minimum Gasteiger partial charge on any atom is -0.490 e. The Morgan fingerprint density at radius 1 is 0.222 bits per heavy atom. The van der Waals surface area contributed by atoms with Gasteiger partial charge in [-0.25, -0.2) is 0 Å². The Labute approximate surface area is 515 Å². The predicted molar refractivity (Wildman–Crippen MR) is 336 cm³/mol. The van der Waals surface area contributed by atoms with Gasteiger partial charge in [0.05, 0.1) is 52.4 Å². The summed E-state index contributed by atoms with van der Waals surface area (Å²) < 4.78 is 37.3. The molecule has 6 aromatic rings. The van der Waals surface area contributed by atoms with Gasteiger partial charge in [0.25, 0.3) is 0 Å². The molecule has 6 aromatic carbocycles. The molecule has 0 bridgehead atoms. The molecule has 0 spiro atoms. The van der Waals surface area contributed by atoms with Crippen LogP contribution in [0.2, 0.25) is 0 Å². The Balaban J connectivity index is 1.04. The zero-order valence-electron chi connectivity index (χ0n) is 48.8. The van der Waals surface area contributed by atoms with Gasteiger partial charge in [0, 0.05) is 39.3 Å². The van der Waals surface area contributed by atoms with Crippen molar-refractivity contribution < 1.29 is 28.4 Å². The number of allylic oxidation sites excluding steroid dienone is 4. The first-order valence-corrected chi connectivity index (χ1v) is 27.8. The Kier molecular flexibility index (Phi) is 29.3. The SMILES string of the molecule is [N-]=[N+]=NCc1cc(CN=[N+]=[N-])cc(OCc2cc(COc3cc(CN=[N+]=[N-])cc(CN=[N+]=[N-])c3)cc(OCC=CCCC=CCCC=CCOc3cc(COc4cc(CN=[N+]=[N-])cc(CN=[N+]=[N-])c4)cc(COc4cc(CN=[N+]=[N-])cc(CN=[N+]=[N-])c4)c3)c2)c1. The summed E-state index contributed by atoms with van der Waals surface area (Å²) in [4.78, 5) is 22.8. The molecule has 0 unspecified atom stereocenters. The van der Waals surface area contributed by atoms with Crippen molar-refractivity contribution in [2.24, 2.45) is 40.9 Å². The van der Waals surface area contributed by atoms with Crippen LogP contribution in [-0.2, 0) is 78.8 Å². The molecule has 0 saturated carbocycles. The van der Waals surface area contributed by atoms with E-state index in [4.69, 9.17) is 72.7 Å². The topological polar surface area (TPSA) is 445 Å². The summed E-state index contributed by atoms with van der Waals surface area (Å²) in [6, 6.07) is 32.5. The lowest BCUT2D eigenvalue weighted by molar-refractivity contribution is 0.296. The fourth-order valence-corrected chi connectivity index (χ4v) is 8.79. The molecule has 0 radical (unpaired) electrons. The van der Waals surface area contributed by atoms with Crippen molar-refractivity contribution in [3.8, 4) is 34.5 Å². The summed E-state index contributed by atoms with van der Waals surface area (Å²) in [6.07, 6.45) is 15.5. The maximum atomic E-state index is 8.91. The number of hydrogen-bond donors (Lipinski definition) is 0. The average Bonchev–Trinajstić information content (AvgIpc) is 2.77. The number of benzene rings is 6. The summed E-state index contributed by atoms with van der Waals surface area (Å²) in [7, 11) is 0. The van der Waals surface area contributed by atoms with Gasteiger partial charge in [0.15, 0.2) is 0 Å². The van der Waals surface area contributed by atoms with Gasteiger partial charge in [0.2, 0.25) is 0 Å². The number of nitrogens with zero attached hydrogens (tertiary/aromatic N) is 24. The first-order chi connectivity index (χ1) is 44.2. The van der Waals surface area contributed by atoms with Crippen LogP contribution in [0.1, 0.15) is 92.4 Å². The van der Waals surface area contributed by atoms with Crippen molar-refractivity contribution >= 4 is 0 Å². The minimum atomic E-state index is 0.0812. The summed E-state index contributed by atoms with van der Waals surface area (Å²) in [5.74, 6) is 3.07. The summed E-state index contributed by atoms with van der Waals surface area (Å²) >= 11 is 0. The summed E-state index contributed by atoms with van der Waals surface area (Å²) in [5, 5.41) is 29.3. The average molecular weight is 1210 g/mol. The third kappa shape index (κ3) is 25.6. The Morgan fingerprint density at radius 3 is 0.589 bits per heavy atom. The Morgan fingerprint density at radius 2 is 0.389 bits per heavy atom. The van der Waals surface area contributed by atoms with E-state index in [1.807, 2.05) is 48.6 Å². The first-order valence-electron chi connectivity index (χ1n) is 27.8. The summed E-state index contributed by atoms with van der Waals surface area (Å²) in [5.41, 5.74) is 79.8. The molecule has 0 heterocycles. The van der Waals surface area contributed by atoms with Gasteiger partial charge in [0.1, 0.15) is 74.1 Å². The van der Waals surface area contributed by atoms with E-state index in [1.54, 1.807) is 72.8 Å². The largest absolute Gasteiger partial charge is 0.490 e. The van der Waals surface area contributed by atoms with Crippen molar-refractivity contribution in [3.63, 3.8) is 0 Å². The second-order valence-corrected chi connectivity index (χ2v) is 19.4. The van der Waals surface area contributed by atoms with Gasteiger partial charge in [-0.3, -0.25) is 0 Å². The fourth-order valence-electron chi connectivity index (χ4n) is 8.79. The number of ether oxygens (including phenoxy) is 6. The third-order valence-electron chi connectivity index (χ3n) is 12.5. The molecule has 0 aliphatic heterocycles. The van der Waals surface area contributed by atoms with Gasteiger partial charge >= 0.3 is 0 Å². The molecule has 0 saturated heterocycles. The molecule has 0 fully saturated rings. The molecule has 30 nitrogen and oxygen atoms in total. The van der Waals surface area contributed by atoms with Gasteiger partial charge in [-0.05, 0) is 222 Å². The van der Waals surface area contributed by atoms with E-state index in [0.29, 0.717) is 79.0 Å². The van der Waals surface area contributed by atoms with Gasteiger partial charge in [-0.2, -0.15) is 0 Å². The normalized spacial score (nSPS) is 10.4. The van der Waals surface area contributed by atoms with Crippen molar-refractivity contribution in [2.45, 2.75) is 104 Å². The van der Waals surface area contributed by atoms with E-state index in [9.17, 15) is 0 Å². The molecule has 30 heteroatoms. The molecule has 0 aliphatic rings. The molecule has 456 valence electrons. The van der Waals surface area contributed by atoms with Crippen LogP contribution in [0.5, 0.6) is 34.5 Å². The quantitative estimate of drug-likeness (QED) is 0.0118. The third-order valence-corrected chi connectivity index (χ3v) is 12.5. The molecular formula is C60H60N24O6. The highest BCUT2D eigenvalue weighted by molar-refractivity contribution is 5.41. The predicted octanol–water partition coefficient (Wildman–Crippen LogP) is 19.2. The van der Waals surface area contributed by atoms with Crippen LogP contribution in [0.3, 0.4) is 0 Å². The van der Waals surface area contributed by atoms with E-state index in [0.717, 1.165) is 47.9 Å². The monoisotopic (exact) mass is 1210 g/mol. The van der Waals surface area contributed by atoms with Crippen LogP contribution < -0.4 is 28.4 Å². The van der Waals surface area contributed by atoms with Crippen molar-refractivity contribution in [1.29, 1.82) is 0 Å².